The summed E-state index contributed by atoms with van der Waals surface area (Å²) < 4.78 is 34.8. The number of unbranched alkanes of at least 4 members (excludes halogenated alkanes) is 1. The van der Waals surface area contributed by atoms with Crippen molar-refractivity contribution in [3.8, 4) is 0 Å². The Balaban J connectivity index is 1.64. The molecule has 3 rings (SSSR count). The van der Waals surface area contributed by atoms with Gasteiger partial charge in [0.15, 0.2) is 0 Å². The predicted octanol–water partition coefficient (Wildman–Crippen LogP) is 4.35. The van der Waals surface area contributed by atoms with Crippen molar-refractivity contribution in [3.63, 3.8) is 0 Å². The number of aliphatic hydroxyl groups excluding tert-OH is 2. The van der Waals surface area contributed by atoms with Crippen molar-refractivity contribution in [1.82, 2.24) is 0 Å². The van der Waals surface area contributed by atoms with Gasteiger partial charge in [0.2, 0.25) is 0 Å². The Labute approximate surface area is 240 Å². The van der Waals surface area contributed by atoms with Crippen LogP contribution < -0.4 is 0 Å². The average molecular weight is 573 g/mol. The molecule has 0 bridgehead atoms. The van der Waals surface area contributed by atoms with Crippen molar-refractivity contribution in [1.29, 1.82) is 0 Å². The van der Waals surface area contributed by atoms with Gasteiger partial charge in [-0.05, 0) is 66.3 Å². The smallest absolute Gasteiger partial charge is 0.335 e. The molecule has 0 saturated heterocycles. The molecule has 0 radical (unpaired) electrons. The first-order valence-corrected chi connectivity index (χ1v) is 14.1. The Morgan fingerprint density at radius 3 is 1.90 bits per heavy atom. The monoisotopic (exact) mass is 572 g/mol. The minimum Gasteiger partial charge on any atom is -0.460 e. The van der Waals surface area contributed by atoms with Crippen LogP contribution in [0.3, 0.4) is 0 Å². The van der Waals surface area contributed by atoms with Crippen LogP contribution in [0.4, 0.5) is 4.39 Å². The Morgan fingerprint density at radius 2 is 1.34 bits per heavy atom. The summed E-state index contributed by atoms with van der Waals surface area (Å²) in [5.41, 5.74) is 2.34. The number of halogens is 1. The molecule has 41 heavy (non-hydrogen) atoms. The number of rotatable bonds is 17. The molecule has 0 spiro atoms. The van der Waals surface area contributed by atoms with Crippen molar-refractivity contribution >= 4 is 22.7 Å². The van der Waals surface area contributed by atoms with Gasteiger partial charge in [0.05, 0.1) is 56.5 Å². The number of ether oxygens (including phenoxy) is 4. The van der Waals surface area contributed by atoms with Crippen LogP contribution in [0.2, 0.25) is 0 Å². The van der Waals surface area contributed by atoms with E-state index >= 15 is 0 Å². The number of carbonyl (C=O) groups excluding carboxylic acids is 2. The molecule has 2 unspecified atom stereocenters. The number of esters is 2. The Morgan fingerprint density at radius 1 is 0.780 bits per heavy atom. The van der Waals surface area contributed by atoms with Crippen LogP contribution in [-0.4, -0.2) is 80.7 Å². The van der Waals surface area contributed by atoms with E-state index in [9.17, 15) is 14.0 Å². The first kappa shape index (κ1) is 32.4. The fourth-order valence-electron chi connectivity index (χ4n) is 4.94. The maximum Gasteiger partial charge on any atom is 0.335 e. The van der Waals surface area contributed by atoms with Crippen molar-refractivity contribution in [2.45, 2.75) is 56.7 Å². The molecule has 1 aliphatic rings. The lowest BCUT2D eigenvalue weighted by atomic mass is 9.80. The molecule has 224 valence electrons. The summed E-state index contributed by atoms with van der Waals surface area (Å²) in [4.78, 5) is 23.5. The van der Waals surface area contributed by atoms with Crippen LogP contribution in [0.25, 0.3) is 10.8 Å². The lowest BCUT2D eigenvalue weighted by Gasteiger charge is -2.35. The Bertz CT molecular complexity index is 1140. The predicted molar refractivity (Wildman–Crippen MR) is 153 cm³/mol. The van der Waals surface area contributed by atoms with Gasteiger partial charge in [-0.1, -0.05) is 49.6 Å². The van der Waals surface area contributed by atoms with Crippen LogP contribution in [0, 0.1) is 0 Å². The zero-order valence-corrected chi connectivity index (χ0v) is 23.5. The summed E-state index contributed by atoms with van der Waals surface area (Å²) in [7, 11) is 0. The maximum absolute atomic E-state index is 12.5. The van der Waals surface area contributed by atoms with Gasteiger partial charge in [-0.3, -0.25) is 4.39 Å². The van der Waals surface area contributed by atoms with E-state index in [2.05, 4.69) is 49.6 Å². The zero-order valence-electron chi connectivity index (χ0n) is 23.5. The quantitative estimate of drug-likeness (QED) is 0.164. The maximum atomic E-state index is 12.5. The number of aryl methyl sites for hydroxylation is 1. The number of hydrogen-bond donors (Lipinski definition) is 2. The van der Waals surface area contributed by atoms with Crippen molar-refractivity contribution in [2.24, 2.45) is 0 Å². The highest BCUT2D eigenvalue weighted by Gasteiger charge is 2.31. The highest BCUT2D eigenvalue weighted by molar-refractivity contribution is 5.88. The number of aliphatic hydroxyl groups is 2. The number of alkyl halides is 1. The van der Waals surface area contributed by atoms with Crippen molar-refractivity contribution in [2.75, 3.05) is 46.3 Å². The topological polar surface area (TPSA) is 112 Å². The van der Waals surface area contributed by atoms with E-state index in [1.54, 1.807) is 0 Å². The van der Waals surface area contributed by atoms with Crippen LogP contribution in [0.15, 0.2) is 60.7 Å². The van der Waals surface area contributed by atoms with Gasteiger partial charge < -0.3 is 29.2 Å². The molecule has 1 saturated carbocycles. The van der Waals surface area contributed by atoms with Crippen LogP contribution in [-0.2, 0) is 35.0 Å². The summed E-state index contributed by atoms with van der Waals surface area (Å²) in [5.74, 6) is -1.15. The molecule has 1 fully saturated rings. The summed E-state index contributed by atoms with van der Waals surface area (Å²) in [6.07, 6.45) is 4.11. The van der Waals surface area contributed by atoms with E-state index in [-0.39, 0.29) is 62.4 Å². The number of hydrogen-bond acceptors (Lipinski definition) is 8. The normalized spacial score (nSPS) is 18.7. The average Bonchev–Trinajstić information content (AvgIpc) is 3.00. The van der Waals surface area contributed by atoms with Crippen LogP contribution in [0.5, 0.6) is 0 Å². The molecule has 0 heterocycles. The summed E-state index contributed by atoms with van der Waals surface area (Å²) >= 11 is 0. The lowest BCUT2D eigenvalue weighted by molar-refractivity contribution is -0.143. The zero-order chi connectivity index (χ0) is 29.6. The highest BCUT2D eigenvalue weighted by Crippen LogP contribution is 2.37. The number of fused-ring (bicyclic) bond motifs is 1. The van der Waals surface area contributed by atoms with Gasteiger partial charge >= 0.3 is 11.9 Å². The molecule has 2 aromatic rings. The minimum absolute atomic E-state index is 0.0114. The third-order valence-electron chi connectivity index (χ3n) is 7.17. The SMILES string of the molecule is C=C(CO)C(=O)OCCOC1CC(OCCOC(=O)C(=C)CO)CC(c2ccc3cc(CCCCF)ccc3c2)C1. The lowest BCUT2D eigenvalue weighted by Crippen LogP contribution is -2.34. The largest absolute Gasteiger partial charge is 0.460 e. The molecule has 0 aromatic heterocycles. The van der Waals surface area contributed by atoms with Gasteiger partial charge in [-0.15, -0.1) is 0 Å². The molecule has 8 nitrogen and oxygen atoms in total. The fraction of sp³-hybridized carbons (Fsp3) is 0.500. The molecule has 2 aromatic carbocycles. The van der Waals surface area contributed by atoms with Gasteiger partial charge in [0.1, 0.15) is 13.2 Å². The van der Waals surface area contributed by atoms with E-state index in [1.807, 2.05) is 0 Å². The van der Waals surface area contributed by atoms with E-state index in [4.69, 9.17) is 29.2 Å². The van der Waals surface area contributed by atoms with Gasteiger partial charge in [-0.25, -0.2) is 9.59 Å². The van der Waals surface area contributed by atoms with Crippen molar-refractivity contribution in [3.05, 3.63) is 71.8 Å². The first-order chi connectivity index (χ1) is 19.8. The molecule has 2 atom stereocenters. The van der Waals surface area contributed by atoms with Crippen LogP contribution >= 0.6 is 0 Å². The molecule has 2 N–H and O–H groups in total. The van der Waals surface area contributed by atoms with E-state index in [0.717, 1.165) is 36.5 Å². The van der Waals surface area contributed by atoms with E-state index < -0.39 is 25.2 Å². The summed E-state index contributed by atoms with van der Waals surface area (Å²) in [6, 6.07) is 12.8. The second kappa shape index (κ2) is 17.0. The molecule has 1 aliphatic carbocycles. The highest BCUT2D eigenvalue weighted by atomic mass is 19.1. The van der Waals surface area contributed by atoms with E-state index in [0.29, 0.717) is 12.8 Å². The first-order valence-electron chi connectivity index (χ1n) is 14.1. The third kappa shape index (κ3) is 10.3. The van der Waals surface area contributed by atoms with Gasteiger partial charge in [-0.2, -0.15) is 0 Å². The third-order valence-corrected chi connectivity index (χ3v) is 7.17. The molecule has 9 heteroatoms. The number of carbonyl (C=O) groups is 2. The van der Waals surface area contributed by atoms with Crippen molar-refractivity contribution < 1.29 is 43.1 Å². The molecule has 0 aliphatic heterocycles. The molecule has 0 amide bonds. The second-order valence-electron chi connectivity index (χ2n) is 10.3. The van der Waals surface area contributed by atoms with Gasteiger partial charge in [0, 0.05) is 0 Å². The van der Waals surface area contributed by atoms with E-state index in [1.165, 1.54) is 11.1 Å². The Kier molecular flexibility index (Phi) is 13.4. The van der Waals surface area contributed by atoms with Crippen LogP contribution in [0.1, 0.15) is 49.1 Å². The summed E-state index contributed by atoms with van der Waals surface area (Å²) in [5, 5.41) is 20.3. The minimum atomic E-state index is -0.654. The molecular formula is C32H41FO8. The molecular weight excluding hydrogens is 531 g/mol. The summed E-state index contributed by atoms with van der Waals surface area (Å²) in [6.45, 7) is 6.17. The van der Waals surface area contributed by atoms with Gasteiger partial charge in [0.25, 0.3) is 0 Å². The number of benzene rings is 2. The fourth-order valence-corrected chi connectivity index (χ4v) is 4.94. The second-order valence-corrected chi connectivity index (χ2v) is 10.3. The Hall–Kier alpha value is -3.11. The standard InChI is InChI=1S/C32H41FO8/c1-22(20-34)31(36)40-13-11-38-29-17-28(18-30(19-29)39-12-14-41-32(37)23(2)21-35)27-9-8-25-15-24(5-3-4-10-33)6-7-26(25)16-27/h6-9,15-16,28-30,34-35H,1-5,10-14,17-21H2.